The molecule has 1 aromatic rings. The SMILES string of the molecule is NCC1CCC(COc2cc(Cl)c(Br)cc2Cl)O1. The number of benzene rings is 1. The molecule has 1 aliphatic heterocycles. The van der Waals surface area contributed by atoms with Crippen molar-refractivity contribution in [3.63, 3.8) is 0 Å². The zero-order chi connectivity index (χ0) is 13.1. The molecular weight excluding hydrogens is 341 g/mol. The summed E-state index contributed by atoms with van der Waals surface area (Å²) in [4.78, 5) is 0. The molecule has 0 spiro atoms. The lowest BCUT2D eigenvalue weighted by atomic mass is 10.2. The summed E-state index contributed by atoms with van der Waals surface area (Å²) >= 11 is 15.4. The van der Waals surface area contributed by atoms with Crippen LogP contribution in [0.25, 0.3) is 0 Å². The van der Waals surface area contributed by atoms with Crippen molar-refractivity contribution in [2.24, 2.45) is 5.73 Å². The van der Waals surface area contributed by atoms with Gasteiger partial charge in [-0.25, -0.2) is 0 Å². The van der Waals surface area contributed by atoms with Crippen LogP contribution in [0.4, 0.5) is 0 Å². The van der Waals surface area contributed by atoms with Crippen molar-refractivity contribution in [3.05, 3.63) is 26.7 Å². The molecule has 0 aromatic heterocycles. The van der Waals surface area contributed by atoms with E-state index in [0.29, 0.717) is 28.9 Å². The fourth-order valence-electron chi connectivity index (χ4n) is 1.87. The molecule has 1 fully saturated rings. The van der Waals surface area contributed by atoms with Gasteiger partial charge in [0.05, 0.1) is 22.3 Å². The largest absolute Gasteiger partial charge is 0.489 e. The molecule has 1 saturated heterocycles. The molecule has 2 unspecified atom stereocenters. The van der Waals surface area contributed by atoms with E-state index in [1.165, 1.54) is 0 Å². The van der Waals surface area contributed by atoms with Crippen molar-refractivity contribution in [2.45, 2.75) is 25.0 Å². The van der Waals surface area contributed by atoms with Crippen LogP contribution in [0.2, 0.25) is 10.0 Å². The van der Waals surface area contributed by atoms with Crippen molar-refractivity contribution in [2.75, 3.05) is 13.2 Å². The Kier molecular flexibility index (Phi) is 5.15. The van der Waals surface area contributed by atoms with Crippen LogP contribution in [0.3, 0.4) is 0 Å². The highest BCUT2D eigenvalue weighted by Crippen LogP contribution is 2.34. The molecule has 1 aromatic carbocycles. The Balaban J connectivity index is 1.93. The van der Waals surface area contributed by atoms with Crippen LogP contribution in [0, 0.1) is 0 Å². The van der Waals surface area contributed by atoms with E-state index in [1.807, 2.05) is 0 Å². The minimum Gasteiger partial charge on any atom is -0.489 e. The zero-order valence-electron chi connectivity index (χ0n) is 9.67. The van der Waals surface area contributed by atoms with Crippen LogP contribution in [0.15, 0.2) is 16.6 Å². The van der Waals surface area contributed by atoms with Crippen molar-refractivity contribution < 1.29 is 9.47 Å². The number of nitrogens with two attached hydrogens (primary N) is 1. The summed E-state index contributed by atoms with van der Waals surface area (Å²) in [6.45, 7) is 1.02. The molecule has 3 nitrogen and oxygen atoms in total. The first-order valence-electron chi connectivity index (χ1n) is 5.73. The van der Waals surface area contributed by atoms with E-state index in [9.17, 15) is 0 Å². The van der Waals surface area contributed by atoms with Gasteiger partial charge in [-0.1, -0.05) is 23.2 Å². The summed E-state index contributed by atoms with van der Waals surface area (Å²) in [5, 5.41) is 1.10. The van der Waals surface area contributed by atoms with Crippen molar-refractivity contribution in [1.82, 2.24) is 0 Å². The molecule has 1 aliphatic rings. The quantitative estimate of drug-likeness (QED) is 0.839. The zero-order valence-corrected chi connectivity index (χ0v) is 12.8. The van der Waals surface area contributed by atoms with Crippen LogP contribution in [-0.4, -0.2) is 25.4 Å². The third kappa shape index (κ3) is 3.52. The molecule has 1 heterocycles. The number of hydrogen-bond acceptors (Lipinski definition) is 3. The summed E-state index contributed by atoms with van der Waals surface area (Å²) in [6, 6.07) is 3.42. The monoisotopic (exact) mass is 353 g/mol. The average molecular weight is 355 g/mol. The standard InChI is InChI=1S/C12H14BrCl2NO2/c13-9-3-11(15)12(4-10(9)14)17-6-8-2-1-7(5-16)18-8/h3-4,7-8H,1-2,5-6,16H2. The van der Waals surface area contributed by atoms with Gasteiger partial charge in [0.15, 0.2) is 0 Å². The first kappa shape index (κ1) is 14.4. The van der Waals surface area contributed by atoms with Gasteiger partial charge in [-0.15, -0.1) is 0 Å². The van der Waals surface area contributed by atoms with E-state index in [4.69, 9.17) is 38.4 Å². The number of halogens is 3. The molecule has 2 rings (SSSR count). The minimum atomic E-state index is 0.0806. The molecule has 18 heavy (non-hydrogen) atoms. The molecule has 0 aliphatic carbocycles. The van der Waals surface area contributed by atoms with Gasteiger partial charge >= 0.3 is 0 Å². The molecule has 2 N–H and O–H groups in total. The lowest BCUT2D eigenvalue weighted by Gasteiger charge is -2.14. The maximum Gasteiger partial charge on any atom is 0.139 e. The predicted molar refractivity (Wildman–Crippen MR) is 76.6 cm³/mol. The summed E-state index contributed by atoms with van der Waals surface area (Å²) < 4.78 is 12.1. The first-order chi connectivity index (χ1) is 8.60. The van der Waals surface area contributed by atoms with Crippen LogP contribution >= 0.6 is 39.1 Å². The molecule has 2 atom stereocenters. The third-order valence-electron chi connectivity index (χ3n) is 2.86. The Labute approximate surface area is 125 Å². The third-order valence-corrected chi connectivity index (χ3v) is 4.35. The van der Waals surface area contributed by atoms with Gasteiger partial charge in [-0.2, -0.15) is 0 Å². The van der Waals surface area contributed by atoms with Crippen LogP contribution < -0.4 is 10.5 Å². The van der Waals surface area contributed by atoms with E-state index in [0.717, 1.165) is 17.3 Å². The second kappa shape index (κ2) is 6.44. The Morgan fingerprint density at radius 2 is 2.00 bits per heavy atom. The lowest BCUT2D eigenvalue weighted by Crippen LogP contribution is -2.23. The van der Waals surface area contributed by atoms with Gasteiger partial charge < -0.3 is 15.2 Å². The Morgan fingerprint density at radius 3 is 2.67 bits per heavy atom. The van der Waals surface area contributed by atoms with Crippen LogP contribution in [0.1, 0.15) is 12.8 Å². The van der Waals surface area contributed by atoms with E-state index >= 15 is 0 Å². The fraction of sp³-hybridized carbons (Fsp3) is 0.500. The molecule has 6 heteroatoms. The molecule has 0 bridgehead atoms. The van der Waals surface area contributed by atoms with E-state index < -0.39 is 0 Å². The number of rotatable bonds is 4. The molecule has 0 saturated carbocycles. The summed E-state index contributed by atoms with van der Waals surface area (Å²) in [7, 11) is 0. The van der Waals surface area contributed by atoms with Gasteiger partial charge in [-0.05, 0) is 34.8 Å². The fourth-order valence-corrected chi connectivity index (χ4v) is 2.72. The van der Waals surface area contributed by atoms with Gasteiger partial charge in [0.25, 0.3) is 0 Å². The highest BCUT2D eigenvalue weighted by atomic mass is 79.9. The van der Waals surface area contributed by atoms with E-state index in [2.05, 4.69) is 15.9 Å². The van der Waals surface area contributed by atoms with Crippen LogP contribution in [0.5, 0.6) is 5.75 Å². The van der Waals surface area contributed by atoms with Crippen molar-refractivity contribution >= 4 is 39.1 Å². The second-order valence-corrected chi connectivity index (χ2v) is 5.87. The van der Waals surface area contributed by atoms with E-state index in [-0.39, 0.29) is 12.2 Å². The minimum absolute atomic E-state index is 0.0806. The first-order valence-corrected chi connectivity index (χ1v) is 7.28. The number of ether oxygens (including phenoxy) is 2. The summed E-state index contributed by atoms with van der Waals surface area (Å²) in [5.41, 5.74) is 5.55. The Hall–Kier alpha value is -0.0000000000000000763. The molecule has 0 radical (unpaired) electrons. The lowest BCUT2D eigenvalue weighted by molar-refractivity contribution is 0.0222. The van der Waals surface area contributed by atoms with Gasteiger partial charge in [-0.3, -0.25) is 0 Å². The smallest absolute Gasteiger partial charge is 0.139 e. The maximum atomic E-state index is 6.07. The van der Waals surface area contributed by atoms with E-state index in [1.54, 1.807) is 12.1 Å². The molecular formula is C12H14BrCl2NO2. The van der Waals surface area contributed by atoms with Gasteiger partial charge in [0.1, 0.15) is 12.4 Å². The van der Waals surface area contributed by atoms with Gasteiger partial charge in [0, 0.05) is 17.1 Å². The summed E-state index contributed by atoms with van der Waals surface area (Å²) in [5.74, 6) is 0.574. The maximum absolute atomic E-state index is 6.07. The highest BCUT2D eigenvalue weighted by molar-refractivity contribution is 9.10. The molecule has 0 amide bonds. The predicted octanol–water partition coefficient (Wildman–Crippen LogP) is 3.64. The van der Waals surface area contributed by atoms with Crippen molar-refractivity contribution in [3.8, 4) is 5.75 Å². The highest BCUT2D eigenvalue weighted by Gasteiger charge is 2.24. The normalized spacial score (nSPS) is 23.3. The van der Waals surface area contributed by atoms with Crippen LogP contribution in [-0.2, 0) is 4.74 Å². The average Bonchev–Trinajstić information content (AvgIpc) is 2.80. The Bertz CT molecular complexity index is 431. The van der Waals surface area contributed by atoms with Crippen molar-refractivity contribution in [1.29, 1.82) is 0 Å². The Morgan fingerprint density at radius 1 is 1.28 bits per heavy atom. The topological polar surface area (TPSA) is 44.5 Å². The molecule has 100 valence electrons. The number of hydrogen-bond donors (Lipinski definition) is 1. The van der Waals surface area contributed by atoms with Gasteiger partial charge in [0.2, 0.25) is 0 Å². The second-order valence-electron chi connectivity index (χ2n) is 4.20. The summed E-state index contributed by atoms with van der Waals surface area (Å²) in [6.07, 6.45) is 2.18.